The highest BCUT2D eigenvalue weighted by atomic mass is 16.3. The predicted molar refractivity (Wildman–Crippen MR) is 304 cm³/mol. The third-order valence-corrected chi connectivity index (χ3v) is 14.1. The van der Waals surface area contributed by atoms with Gasteiger partial charge in [-0.2, -0.15) is 0 Å². The Morgan fingerprint density at radius 1 is 0.250 bits per heavy atom. The Balaban J connectivity index is 0.934. The summed E-state index contributed by atoms with van der Waals surface area (Å²) in [5, 5.41) is 4.65. The van der Waals surface area contributed by atoms with E-state index in [1.807, 2.05) is 0 Å². The van der Waals surface area contributed by atoms with Gasteiger partial charge in [0.05, 0.1) is 11.1 Å². The fourth-order valence-corrected chi connectivity index (χ4v) is 10.7. The van der Waals surface area contributed by atoms with E-state index in [0.29, 0.717) is 0 Å². The van der Waals surface area contributed by atoms with Gasteiger partial charge in [0.1, 0.15) is 11.2 Å². The van der Waals surface area contributed by atoms with Crippen LogP contribution in [0, 0.1) is 0 Å². The molecule has 2 heteroatoms. The number of hydrogen-bond acceptors (Lipinski definition) is 2. The van der Waals surface area contributed by atoms with Gasteiger partial charge in [-0.15, -0.1) is 0 Å². The number of benzene rings is 12. The summed E-state index contributed by atoms with van der Waals surface area (Å²) in [7, 11) is 0. The van der Waals surface area contributed by atoms with Crippen molar-refractivity contribution < 1.29 is 4.42 Å². The number of rotatable bonds is 10. The van der Waals surface area contributed by atoms with Crippen molar-refractivity contribution in [2.75, 3.05) is 4.90 Å². The first-order valence-electron chi connectivity index (χ1n) is 24.7. The van der Waals surface area contributed by atoms with Crippen LogP contribution in [0.2, 0.25) is 0 Å². The van der Waals surface area contributed by atoms with E-state index >= 15 is 0 Å². The van der Waals surface area contributed by atoms with Crippen molar-refractivity contribution in [3.05, 3.63) is 285 Å². The highest BCUT2D eigenvalue weighted by Gasteiger charge is 2.23. The second-order valence-corrected chi connectivity index (χ2v) is 18.3. The van der Waals surface area contributed by atoms with Crippen molar-refractivity contribution in [3.8, 4) is 77.9 Å². The van der Waals surface area contributed by atoms with Crippen LogP contribution in [-0.4, -0.2) is 0 Å². The molecule has 0 bridgehead atoms. The van der Waals surface area contributed by atoms with E-state index in [-0.39, 0.29) is 0 Å². The monoisotopic (exact) mass is 917 g/mol. The number of furan rings is 1. The minimum atomic E-state index is 0.859. The van der Waals surface area contributed by atoms with Gasteiger partial charge in [0, 0.05) is 22.3 Å². The molecule has 0 saturated carbocycles. The summed E-state index contributed by atoms with van der Waals surface area (Å²) in [6.45, 7) is 0. The van der Waals surface area contributed by atoms with E-state index in [4.69, 9.17) is 4.42 Å². The summed E-state index contributed by atoms with van der Waals surface area (Å²) in [5.41, 5.74) is 21.3. The van der Waals surface area contributed by atoms with Crippen LogP contribution < -0.4 is 4.90 Å². The second-order valence-electron chi connectivity index (χ2n) is 18.3. The van der Waals surface area contributed by atoms with Crippen molar-refractivity contribution in [2.24, 2.45) is 0 Å². The van der Waals surface area contributed by atoms with E-state index in [2.05, 4.69) is 290 Å². The van der Waals surface area contributed by atoms with Crippen LogP contribution in [0.25, 0.3) is 111 Å². The molecule has 0 aliphatic rings. The van der Waals surface area contributed by atoms with E-state index < -0.39 is 0 Å². The summed E-state index contributed by atoms with van der Waals surface area (Å²) >= 11 is 0. The lowest BCUT2D eigenvalue weighted by Gasteiger charge is -2.27. The van der Waals surface area contributed by atoms with Gasteiger partial charge in [-0.3, -0.25) is 0 Å². The maximum Gasteiger partial charge on any atom is 0.145 e. The standard InChI is InChI=1S/C70H47NO/c1-4-18-51(19-5-1)61-31-17-32-64(68(61)55-23-8-3-9-24-55)63-28-13-12-27-60(63)54-40-44-57(45-41-54)71(66-47-46-62(52-20-6-2-7-21-52)70-69(66)65-29-14-15-33-67(65)72-70)56-42-38-49(39-43-56)48-34-36-53(37-35-48)59-30-16-25-50-22-10-11-26-58(50)59/h1-47H. The molecule has 1 aromatic heterocycles. The number of hydrogen-bond donors (Lipinski definition) is 0. The number of nitrogens with zero attached hydrogens (tertiary/aromatic N) is 1. The van der Waals surface area contributed by atoms with Crippen LogP contribution in [0.3, 0.4) is 0 Å². The van der Waals surface area contributed by atoms with Gasteiger partial charge < -0.3 is 9.32 Å². The Bertz CT molecular complexity index is 4040. The highest BCUT2D eigenvalue weighted by Crippen LogP contribution is 2.48. The Labute approximate surface area is 420 Å². The second kappa shape index (κ2) is 18.4. The van der Waals surface area contributed by atoms with Gasteiger partial charge in [0.15, 0.2) is 0 Å². The molecule has 0 fully saturated rings. The van der Waals surface area contributed by atoms with Crippen molar-refractivity contribution in [1.82, 2.24) is 0 Å². The first-order chi connectivity index (χ1) is 35.7. The van der Waals surface area contributed by atoms with Crippen LogP contribution >= 0.6 is 0 Å². The molecule has 0 aliphatic carbocycles. The highest BCUT2D eigenvalue weighted by molar-refractivity contribution is 6.17. The molecule has 0 spiro atoms. The maximum absolute atomic E-state index is 6.83. The molecule has 72 heavy (non-hydrogen) atoms. The van der Waals surface area contributed by atoms with Crippen molar-refractivity contribution in [2.45, 2.75) is 0 Å². The lowest BCUT2D eigenvalue weighted by molar-refractivity contribution is 0.670. The number of para-hydroxylation sites is 1. The lowest BCUT2D eigenvalue weighted by atomic mass is 9.85. The van der Waals surface area contributed by atoms with Crippen molar-refractivity contribution >= 4 is 49.8 Å². The maximum atomic E-state index is 6.83. The molecule has 13 aromatic rings. The van der Waals surface area contributed by atoms with Crippen LogP contribution in [0.4, 0.5) is 17.1 Å². The fraction of sp³-hybridized carbons (Fsp3) is 0. The lowest BCUT2D eigenvalue weighted by Crippen LogP contribution is -2.10. The molecule has 2 nitrogen and oxygen atoms in total. The van der Waals surface area contributed by atoms with E-state index in [1.165, 1.54) is 66.4 Å². The molecular formula is C70H47NO. The first kappa shape index (κ1) is 42.6. The third kappa shape index (κ3) is 7.73. The summed E-state index contributed by atoms with van der Waals surface area (Å²) < 4.78 is 6.83. The molecule has 0 radical (unpaired) electrons. The van der Waals surface area contributed by atoms with Gasteiger partial charge in [-0.25, -0.2) is 0 Å². The smallest absolute Gasteiger partial charge is 0.145 e. The fourth-order valence-electron chi connectivity index (χ4n) is 10.7. The van der Waals surface area contributed by atoms with E-state index in [9.17, 15) is 0 Å². The summed E-state index contributed by atoms with van der Waals surface area (Å²) in [6, 6.07) is 103. The van der Waals surface area contributed by atoms with Crippen molar-refractivity contribution in [3.63, 3.8) is 0 Å². The van der Waals surface area contributed by atoms with E-state index in [1.54, 1.807) is 0 Å². The number of anilines is 3. The van der Waals surface area contributed by atoms with Crippen LogP contribution in [0.15, 0.2) is 290 Å². The Morgan fingerprint density at radius 2 is 0.694 bits per heavy atom. The van der Waals surface area contributed by atoms with Gasteiger partial charge in [0.2, 0.25) is 0 Å². The van der Waals surface area contributed by atoms with E-state index in [0.717, 1.165) is 61.3 Å². The zero-order chi connectivity index (χ0) is 47.8. The molecule has 338 valence electrons. The normalized spacial score (nSPS) is 11.3. The minimum absolute atomic E-state index is 0.859. The number of fused-ring (bicyclic) bond motifs is 4. The molecule has 0 unspecified atom stereocenters. The largest absolute Gasteiger partial charge is 0.455 e. The van der Waals surface area contributed by atoms with Gasteiger partial charge in [0.25, 0.3) is 0 Å². The molecular weight excluding hydrogens is 871 g/mol. The molecule has 0 amide bonds. The summed E-state index contributed by atoms with van der Waals surface area (Å²) in [5.74, 6) is 0. The van der Waals surface area contributed by atoms with Crippen LogP contribution in [0.1, 0.15) is 0 Å². The van der Waals surface area contributed by atoms with Crippen molar-refractivity contribution in [1.29, 1.82) is 0 Å². The topological polar surface area (TPSA) is 16.4 Å². The zero-order valence-corrected chi connectivity index (χ0v) is 39.5. The summed E-state index contributed by atoms with van der Waals surface area (Å²) in [6.07, 6.45) is 0. The first-order valence-corrected chi connectivity index (χ1v) is 24.7. The van der Waals surface area contributed by atoms with Gasteiger partial charge >= 0.3 is 0 Å². The van der Waals surface area contributed by atoms with Gasteiger partial charge in [-0.1, -0.05) is 243 Å². The predicted octanol–water partition coefficient (Wildman–Crippen LogP) is 19.9. The molecule has 13 rings (SSSR count). The average Bonchev–Trinajstić information content (AvgIpc) is 3.86. The quantitative estimate of drug-likeness (QED) is 0.136. The average molecular weight is 918 g/mol. The molecule has 0 saturated heterocycles. The molecule has 0 atom stereocenters. The molecule has 12 aromatic carbocycles. The zero-order valence-electron chi connectivity index (χ0n) is 39.5. The van der Waals surface area contributed by atoms with Crippen LogP contribution in [-0.2, 0) is 0 Å². The third-order valence-electron chi connectivity index (χ3n) is 14.1. The molecule has 0 N–H and O–H groups in total. The van der Waals surface area contributed by atoms with Gasteiger partial charge in [-0.05, 0) is 126 Å². The Hall–Kier alpha value is -9.50. The molecule has 0 aliphatic heterocycles. The van der Waals surface area contributed by atoms with Crippen LogP contribution in [0.5, 0.6) is 0 Å². The Morgan fingerprint density at radius 3 is 1.39 bits per heavy atom. The SMILES string of the molecule is c1ccc(-c2cccc(-c3ccccc3-c3ccc(N(c4ccc(-c5ccc(-c6cccc7ccccc67)cc5)cc4)c4ccc(-c5ccccc5)c5oc6ccccc6c45)cc3)c2-c2ccccc2)cc1. The Kier molecular flexibility index (Phi) is 10.9. The summed E-state index contributed by atoms with van der Waals surface area (Å²) in [4.78, 5) is 2.39. The molecule has 1 heterocycles. The minimum Gasteiger partial charge on any atom is -0.455 e.